The molecule has 0 radical (unpaired) electrons. The highest BCUT2D eigenvalue weighted by atomic mass is 16.6. The Balaban J connectivity index is 1.27. The minimum Gasteiger partial charge on any atom is -0.453 e. The number of fused-ring (bicyclic) bond motifs is 4. The van der Waals surface area contributed by atoms with Gasteiger partial charge in [-0.25, -0.2) is 9.59 Å². The molecule has 3 saturated heterocycles. The number of likely N-dealkylation sites (tertiary alicyclic amines) is 1. The van der Waals surface area contributed by atoms with E-state index < -0.39 is 0 Å². The molecule has 33 heavy (non-hydrogen) atoms. The first kappa shape index (κ1) is 22.5. The third kappa shape index (κ3) is 4.09. The van der Waals surface area contributed by atoms with Crippen LogP contribution < -0.4 is 0 Å². The lowest BCUT2D eigenvalue weighted by molar-refractivity contribution is 0.0115. The van der Waals surface area contributed by atoms with E-state index in [4.69, 9.17) is 9.47 Å². The molecule has 0 saturated carbocycles. The Labute approximate surface area is 197 Å². The number of piperidine rings is 2. The molecule has 0 aromatic heterocycles. The van der Waals surface area contributed by atoms with Crippen LogP contribution in [0.25, 0.3) is 0 Å². The standard InChI is InChI=1S/C26H37N3O4/c1-18(2)33-25(31)29-20-8-9-21(29)15-22(14-20)27-12-10-26(11-13-27)17-28(24(30)32-3)16-19-6-4-5-7-23(19)26/h4-7,18,20-22H,8-17H2,1-3H3. The fraction of sp³-hybridized carbons (Fsp3) is 0.692. The van der Waals surface area contributed by atoms with Crippen LogP contribution in [0.3, 0.4) is 0 Å². The molecule has 2 unspecified atom stereocenters. The van der Waals surface area contributed by atoms with Crippen molar-refractivity contribution < 1.29 is 19.1 Å². The van der Waals surface area contributed by atoms with Crippen LogP contribution in [0.1, 0.15) is 63.5 Å². The molecule has 3 fully saturated rings. The molecule has 2 amide bonds. The molecule has 5 rings (SSSR count). The molecule has 7 heteroatoms. The normalized spacial score (nSPS) is 28.7. The van der Waals surface area contributed by atoms with E-state index in [1.807, 2.05) is 23.6 Å². The number of nitrogens with zero attached hydrogens (tertiary/aromatic N) is 3. The quantitative estimate of drug-likeness (QED) is 0.671. The highest BCUT2D eigenvalue weighted by Crippen LogP contribution is 2.44. The number of methoxy groups -OCH3 is 1. The summed E-state index contributed by atoms with van der Waals surface area (Å²) in [6.45, 7) is 7.26. The smallest absolute Gasteiger partial charge is 0.410 e. The van der Waals surface area contributed by atoms with Gasteiger partial charge in [0.15, 0.2) is 0 Å². The molecule has 1 aromatic rings. The monoisotopic (exact) mass is 455 g/mol. The van der Waals surface area contributed by atoms with E-state index in [2.05, 4.69) is 29.2 Å². The second-order valence-corrected chi connectivity index (χ2v) is 10.6. The lowest BCUT2D eigenvalue weighted by Gasteiger charge is -2.51. The van der Waals surface area contributed by atoms with E-state index in [1.54, 1.807) is 0 Å². The van der Waals surface area contributed by atoms with E-state index >= 15 is 0 Å². The lowest BCUT2D eigenvalue weighted by atomic mass is 9.68. The molecule has 1 spiro atoms. The SMILES string of the molecule is COC(=O)N1Cc2ccccc2C2(CCN(C3CC4CCC(C3)N4C(=O)OC(C)C)CC2)C1. The van der Waals surface area contributed by atoms with Gasteiger partial charge in [-0.05, 0) is 76.6 Å². The van der Waals surface area contributed by atoms with Crippen LogP contribution in [0.4, 0.5) is 9.59 Å². The fourth-order valence-electron chi connectivity index (χ4n) is 6.90. The molecule has 0 N–H and O–H groups in total. The second kappa shape index (κ2) is 8.82. The molecular formula is C26H37N3O4. The van der Waals surface area contributed by atoms with Crippen LogP contribution in [0.2, 0.25) is 0 Å². The summed E-state index contributed by atoms with van der Waals surface area (Å²) in [5, 5.41) is 0. The number of benzene rings is 1. The van der Waals surface area contributed by atoms with Gasteiger partial charge in [0, 0.05) is 36.6 Å². The van der Waals surface area contributed by atoms with Crippen molar-refractivity contribution >= 4 is 12.2 Å². The van der Waals surface area contributed by atoms with E-state index in [1.165, 1.54) is 18.2 Å². The van der Waals surface area contributed by atoms with Crippen molar-refractivity contribution in [1.29, 1.82) is 0 Å². The van der Waals surface area contributed by atoms with Crippen LogP contribution in [0.15, 0.2) is 24.3 Å². The number of carbonyl (C=O) groups is 2. The molecule has 7 nitrogen and oxygen atoms in total. The average Bonchev–Trinajstić information content (AvgIpc) is 3.08. The van der Waals surface area contributed by atoms with Gasteiger partial charge >= 0.3 is 12.2 Å². The van der Waals surface area contributed by atoms with Crippen molar-refractivity contribution in [1.82, 2.24) is 14.7 Å². The molecule has 2 bridgehead atoms. The first-order valence-electron chi connectivity index (χ1n) is 12.5. The maximum Gasteiger partial charge on any atom is 0.410 e. The predicted octanol–water partition coefficient (Wildman–Crippen LogP) is 4.14. The Bertz CT molecular complexity index is 881. The predicted molar refractivity (Wildman–Crippen MR) is 125 cm³/mol. The highest BCUT2D eigenvalue weighted by Gasteiger charge is 2.48. The number of ether oxygens (including phenoxy) is 2. The average molecular weight is 456 g/mol. The van der Waals surface area contributed by atoms with Gasteiger partial charge in [-0.3, -0.25) is 0 Å². The molecule has 4 aliphatic heterocycles. The summed E-state index contributed by atoms with van der Waals surface area (Å²) in [6.07, 6.45) is 5.92. The van der Waals surface area contributed by atoms with E-state index in [0.717, 1.165) is 58.2 Å². The Morgan fingerprint density at radius 3 is 2.30 bits per heavy atom. The van der Waals surface area contributed by atoms with Gasteiger partial charge in [0.05, 0.1) is 13.2 Å². The van der Waals surface area contributed by atoms with E-state index in [-0.39, 0.29) is 23.7 Å². The van der Waals surface area contributed by atoms with Gasteiger partial charge in [-0.2, -0.15) is 0 Å². The maximum atomic E-state index is 12.6. The molecule has 2 atom stereocenters. The van der Waals surface area contributed by atoms with Crippen molar-refractivity contribution in [3.63, 3.8) is 0 Å². The minimum absolute atomic E-state index is 0.000286. The molecule has 180 valence electrons. The summed E-state index contributed by atoms with van der Waals surface area (Å²) in [7, 11) is 1.47. The Morgan fingerprint density at radius 2 is 1.67 bits per heavy atom. The molecular weight excluding hydrogens is 418 g/mol. The first-order valence-corrected chi connectivity index (χ1v) is 12.5. The molecule has 1 aromatic carbocycles. The topological polar surface area (TPSA) is 62.3 Å². The number of hydrogen-bond donors (Lipinski definition) is 0. The molecule has 4 heterocycles. The third-order valence-corrected chi connectivity index (χ3v) is 8.40. The number of hydrogen-bond acceptors (Lipinski definition) is 5. The Morgan fingerprint density at radius 1 is 1.00 bits per heavy atom. The molecule has 0 aliphatic carbocycles. The number of carbonyl (C=O) groups excluding carboxylic acids is 2. The zero-order valence-corrected chi connectivity index (χ0v) is 20.2. The van der Waals surface area contributed by atoms with E-state index in [0.29, 0.717) is 24.7 Å². The van der Waals surface area contributed by atoms with Gasteiger partial charge < -0.3 is 24.2 Å². The van der Waals surface area contributed by atoms with Gasteiger partial charge in [-0.15, -0.1) is 0 Å². The Kier molecular flexibility index (Phi) is 6.02. The number of rotatable bonds is 2. The van der Waals surface area contributed by atoms with Crippen molar-refractivity contribution in [3.8, 4) is 0 Å². The van der Waals surface area contributed by atoms with Crippen molar-refractivity contribution in [2.45, 2.75) is 88.6 Å². The van der Waals surface area contributed by atoms with Gasteiger partial charge in [-0.1, -0.05) is 24.3 Å². The van der Waals surface area contributed by atoms with Crippen molar-refractivity contribution in [2.24, 2.45) is 0 Å². The van der Waals surface area contributed by atoms with Crippen molar-refractivity contribution in [3.05, 3.63) is 35.4 Å². The van der Waals surface area contributed by atoms with Crippen LogP contribution in [0, 0.1) is 0 Å². The van der Waals surface area contributed by atoms with Crippen LogP contribution in [-0.4, -0.2) is 77.9 Å². The number of amides is 2. The van der Waals surface area contributed by atoms with Crippen LogP contribution >= 0.6 is 0 Å². The van der Waals surface area contributed by atoms with Crippen LogP contribution in [0.5, 0.6) is 0 Å². The van der Waals surface area contributed by atoms with Gasteiger partial charge in [0.2, 0.25) is 0 Å². The summed E-state index contributed by atoms with van der Waals surface area (Å²) in [5.74, 6) is 0. The Hall–Kier alpha value is -2.28. The summed E-state index contributed by atoms with van der Waals surface area (Å²) < 4.78 is 10.6. The third-order valence-electron chi connectivity index (χ3n) is 8.40. The fourth-order valence-corrected chi connectivity index (χ4v) is 6.90. The van der Waals surface area contributed by atoms with Gasteiger partial charge in [0.1, 0.15) is 0 Å². The first-order chi connectivity index (χ1) is 15.9. The minimum atomic E-state index is -0.233. The summed E-state index contributed by atoms with van der Waals surface area (Å²) in [4.78, 5) is 31.6. The zero-order chi connectivity index (χ0) is 23.2. The summed E-state index contributed by atoms with van der Waals surface area (Å²) in [6, 6.07) is 9.75. The van der Waals surface area contributed by atoms with E-state index in [9.17, 15) is 9.59 Å². The summed E-state index contributed by atoms with van der Waals surface area (Å²) >= 11 is 0. The highest BCUT2D eigenvalue weighted by molar-refractivity contribution is 5.69. The summed E-state index contributed by atoms with van der Waals surface area (Å²) in [5.41, 5.74) is 2.66. The van der Waals surface area contributed by atoms with Crippen molar-refractivity contribution in [2.75, 3.05) is 26.7 Å². The zero-order valence-electron chi connectivity index (χ0n) is 20.2. The molecule has 4 aliphatic rings. The second-order valence-electron chi connectivity index (χ2n) is 10.6. The largest absolute Gasteiger partial charge is 0.453 e. The van der Waals surface area contributed by atoms with Gasteiger partial charge in [0.25, 0.3) is 0 Å². The maximum absolute atomic E-state index is 12.6. The lowest BCUT2D eigenvalue weighted by Crippen LogP contribution is -2.57. The van der Waals surface area contributed by atoms with Crippen LogP contribution in [-0.2, 0) is 21.4 Å².